The van der Waals surface area contributed by atoms with Crippen molar-refractivity contribution >= 4 is 75.3 Å². The summed E-state index contributed by atoms with van der Waals surface area (Å²) in [5, 5.41) is 14.6. The second kappa shape index (κ2) is 34.2. The van der Waals surface area contributed by atoms with Crippen LogP contribution in [0.3, 0.4) is 0 Å². The molecule has 0 unspecified atom stereocenters. The number of amides is 6. The Morgan fingerprint density at radius 3 is 1.15 bits per heavy atom. The number of halogens is 2. The highest BCUT2D eigenvalue weighted by molar-refractivity contribution is 6.06. The topological polar surface area (TPSA) is 255 Å². The molecule has 18 nitrogen and oxygen atoms in total. The van der Waals surface area contributed by atoms with Gasteiger partial charge in [0, 0.05) is 69.8 Å². The number of aryl methyl sites for hydroxylation is 7. The van der Waals surface area contributed by atoms with Crippen molar-refractivity contribution in [2.24, 2.45) is 0 Å². The van der Waals surface area contributed by atoms with Gasteiger partial charge in [0.15, 0.2) is 23.1 Å². The Hall–Kier alpha value is -13.9. The fourth-order valence-electron chi connectivity index (χ4n) is 15.1. The minimum atomic E-state index is -0.424. The molecule has 6 aliphatic rings. The Kier molecular flexibility index (Phi) is 23.6. The van der Waals surface area contributed by atoms with Crippen molar-refractivity contribution in [3.8, 4) is 89.8 Å². The number of hydrogen-bond acceptors (Lipinski definition) is 12. The lowest BCUT2D eigenvalue weighted by atomic mass is 9.94. The molecule has 18 rings (SSSR count). The predicted molar refractivity (Wildman–Crippen MR) is 457 cm³/mol. The minimum absolute atomic E-state index is 0.00167. The first-order chi connectivity index (χ1) is 55.6. The lowest BCUT2D eigenvalue weighted by molar-refractivity contribution is -0.116. The number of rotatable bonds is 4. The highest BCUT2D eigenvalue weighted by Gasteiger charge is 2.28. The fourth-order valence-corrected chi connectivity index (χ4v) is 15.1. The van der Waals surface area contributed by atoms with Crippen molar-refractivity contribution < 1.29 is 56.5 Å². The van der Waals surface area contributed by atoms with E-state index in [1.165, 1.54) is 54.2 Å². The normalized spacial score (nSPS) is 13.2. The third-order valence-corrected chi connectivity index (χ3v) is 21.2. The number of benzene rings is 12. The van der Waals surface area contributed by atoms with Crippen molar-refractivity contribution in [2.45, 2.75) is 87.1 Å². The van der Waals surface area contributed by atoms with Gasteiger partial charge in [-0.2, -0.15) is 0 Å². The number of methoxy groups -OCH3 is 4. The molecule has 20 heteroatoms. The maximum absolute atomic E-state index is 14.1. The summed E-state index contributed by atoms with van der Waals surface area (Å²) >= 11 is 0. The zero-order chi connectivity index (χ0) is 82.5. The van der Waals surface area contributed by atoms with E-state index in [0.29, 0.717) is 48.5 Å². The molecule has 9 N–H and O–H groups in total. The van der Waals surface area contributed by atoms with Crippen molar-refractivity contribution in [2.75, 3.05) is 73.5 Å². The summed E-state index contributed by atoms with van der Waals surface area (Å²) in [5.74, 6) is 0.811. The quantitative estimate of drug-likeness (QED) is 0.0812. The van der Waals surface area contributed by atoms with Crippen LogP contribution >= 0.6 is 0 Å². The predicted octanol–water partition coefficient (Wildman–Crippen LogP) is 18.8. The molecule has 0 fully saturated rings. The second-order valence-electron chi connectivity index (χ2n) is 29.6. The van der Waals surface area contributed by atoms with E-state index in [2.05, 4.69) is 89.8 Å². The van der Waals surface area contributed by atoms with Gasteiger partial charge < -0.3 is 61.9 Å². The number of nitrogens with two attached hydrogens (primary N) is 2. The number of hydrogen-bond donors (Lipinski definition) is 7. The summed E-state index contributed by atoms with van der Waals surface area (Å²) < 4.78 is 48.5. The Balaban J connectivity index is 0.000000121. The van der Waals surface area contributed by atoms with Crippen LogP contribution in [0.1, 0.15) is 82.7 Å². The van der Waals surface area contributed by atoms with Gasteiger partial charge in [0.2, 0.25) is 29.5 Å². The number of fused-ring (bicyclic) bond motifs is 18. The maximum Gasteiger partial charge on any atom is 0.254 e. The van der Waals surface area contributed by atoms with Crippen molar-refractivity contribution in [3.05, 3.63) is 290 Å². The van der Waals surface area contributed by atoms with Gasteiger partial charge in [-0.15, -0.1) is 0 Å². The lowest BCUT2D eigenvalue weighted by Crippen LogP contribution is -2.24. The standard InChI is InChI=1S/C17H16FNO2.2C17H17NO2.C16H14FNO2.C15H14N2O.C14H12N2O/c1-9-4-13-12-8-14(18)16(21-3)6-11(12)7-17(20)19-15(13)5-10(9)2;1-11-4-6-14-12(8-11)10-18(2)17(19)16-9-13(20-3)5-7-15(14)16;1-10-6-15-14-5-4-13(20-3)8-12(14)9-17(19)18-16(15)7-11(10)2;1-9-3-4-11-12-8-13(17)15(20-2)6-10(12)7-16(19)18-14(11)5-9;1-9-2-4-12-10(6-9)7-15(18)17-14-8-11(16)3-5-13(12)14;15-10-5-6-12-11-4-2-1-3-9(11)7-14(17)16-13(12)8-10/h4-6,8H,7H2,1-3H3,(H,19,20);4-9H,10H2,1-3H3;4-8H,9H2,1-3H3,(H,18,19);3-6,8H,7H2,1-2H3,(H,18,19);2-6,8H,7,16H2,1H3,(H,17,18);1-6,8H,7,15H2,(H,16,17). The maximum atomic E-state index is 14.1. The van der Waals surface area contributed by atoms with Gasteiger partial charge >= 0.3 is 0 Å². The van der Waals surface area contributed by atoms with E-state index in [1.807, 2.05) is 162 Å². The molecule has 0 aromatic heterocycles. The van der Waals surface area contributed by atoms with E-state index in [1.54, 1.807) is 37.3 Å². The number of nitrogens with zero attached hydrogens (tertiary/aromatic N) is 1. The van der Waals surface area contributed by atoms with Crippen molar-refractivity contribution in [3.63, 3.8) is 0 Å². The summed E-state index contributed by atoms with van der Waals surface area (Å²) in [6.45, 7) is 14.8. The second-order valence-corrected chi connectivity index (χ2v) is 29.6. The molecular weight excluding hydrogens is 1460 g/mol. The molecule has 6 heterocycles. The van der Waals surface area contributed by atoms with Gasteiger partial charge in [-0.1, -0.05) is 102 Å². The molecule has 12 aromatic carbocycles. The highest BCUT2D eigenvalue weighted by Crippen LogP contribution is 2.44. The number of ether oxygens (including phenoxy) is 4. The summed E-state index contributed by atoms with van der Waals surface area (Å²) in [6, 6.07) is 63.3. The van der Waals surface area contributed by atoms with Crippen LogP contribution in [-0.4, -0.2) is 75.8 Å². The van der Waals surface area contributed by atoms with Crippen LogP contribution in [-0.2, 0) is 62.6 Å². The van der Waals surface area contributed by atoms with E-state index in [4.69, 9.17) is 30.4 Å². The molecule has 0 atom stereocenters. The van der Waals surface area contributed by atoms with E-state index in [-0.39, 0.29) is 59.8 Å². The van der Waals surface area contributed by atoms with E-state index in [9.17, 15) is 37.5 Å². The molecule has 0 saturated heterocycles. The minimum Gasteiger partial charge on any atom is -0.497 e. The smallest absolute Gasteiger partial charge is 0.254 e. The van der Waals surface area contributed by atoms with Crippen LogP contribution in [0.25, 0.3) is 66.8 Å². The zero-order valence-electron chi connectivity index (χ0n) is 66.7. The van der Waals surface area contributed by atoms with Crippen LogP contribution in [0.15, 0.2) is 200 Å². The monoisotopic (exact) mass is 1550 g/mol. The van der Waals surface area contributed by atoms with Crippen LogP contribution in [0.5, 0.6) is 23.0 Å². The Bertz CT molecular complexity index is 5920. The SMILES string of the molecule is COc1cc2c(cc1F)-c1cc(C)c(C)cc1NC(=O)C2.COc1cc2c(cc1F)-c1ccc(C)cc1NC(=O)C2.COc1ccc2c(c1)C(=O)N(C)Cc1cc(C)ccc1-2.COc1ccc2c(c1)CC(=O)Nc1cc(C)c(C)cc1-2.Cc1ccc2c(c1)CC(=O)Nc1cc(N)ccc1-2.Nc1ccc2c(c1)NC(=O)Cc1ccccc1-2. The van der Waals surface area contributed by atoms with Gasteiger partial charge in [0.25, 0.3) is 5.91 Å². The Labute approximate surface area is 673 Å². The van der Waals surface area contributed by atoms with Gasteiger partial charge in [-0.3, -0.25) is 28.8 Å². The number of nitrogens with one attached hydrogen (secondary N) is 5. The van der Waals surface area contributed by atoms with Crippen molar-refractivity contribution in [1.29, 1.82) is 0 Å². The van der Waals surface area contributed by atoms with Crippen LogP contribution < -0.4 is 57.0 Å². The van der Waals surface area contributed by atoms with Gasteiger partial charge in [-0.25, -0.2) is 8.78 Å². The van der Waals surface area contributed by atoms with Crippen LogP contribution in [0.2, 0.25) is 0 Å². The summed E-state index contributed by atoms with van der Waals surface area (Å²) in [7, 11) is 7.93. The first-order valence-corrected chi connectivity index (χ1v) is 37.9. The molecule has 116 heavy (non-hydrogen) atoms. The number of carbonyl (C=O) groups excluding carboxylic acids is 6. The zero-order valence-corrected chi connectivity index (χ0v) is 66.7. The average molecular weight is 1550 g/mol. The molecule has 0 bridgehead atoms. The Morgan fingerprint density at radius 2 is 0.647 bits per heavy atom. The third kappa shape index (κ3) is 17.6. The van der Waals surface area contributed by atoms with E-state index >= 15 is 0 Å². The molecule has 6 amide bonds. The van der Waals surface area contributed by atoms with Crippen molar-refractivity contribution in [1.82, 2.24) is 4.90 Å². The third-order valence-electron chi connectivity index (χ3n) is 21.2. The number of anilines is 7. The molecule has 0 spiro atoms. The van der Waals surface area contributed by atoms with E-state index in [0.717, 1.165) is 145 Å². The lowest BCUT2D eigenvalue weighted by Gasteiger charge is -2.15. The first kappa shape index (κ1) is 80.2. The van der Waals surface area contributed by atoms with Crippen LogP contribution in [0, 0.1) is 60.1 Å². The first-order valence-electron chi connectivity index (χ1n) is 37.9. The average Bonchev–Trinajstić information content (AvgIpc) is 1.54. The molecule has 6 aliphatic heterocycles. The van der Waals surface area contributed by atoms with Crippen LogP contribution in [0.4, 0.5) is 48.6 Å². The molecule has 588 valence electrons. The molecule has 0 saturated carbocycles. The summed E-state index contributed by atoms with van der Waals surface area (Å²) in [5.41, 5.74) is 43.0. The fraction of sp³-hybridized carbons (Fsp3) is 0.188. The number of carbonyl (C=O) groups is 6. The summed E-state index contributed by atoms with van der Waals surface area (Å²) in [4.78, 5) is 74.0. The van der Waals surface area contributed by atoms with Gasteiger partial charge in [0.05, 0.1) is 77.5 Å². The summed E-state index contributed by atoms with van der Waals surface area (Å²) in [6.07, 6.45) is 1.61. The van der Waals surface area contributed by atoms with Gasteiger partial charge in [0.1, 0.15) is 11.5 Å². The highest BCUT2D eigenvalue weighted by atomic mass is 19.1. The molecule has 12 aromatic rings. The molecule has 0 radical (unpaired) electrons. The van der Waals surface area contributed by atoms with E-state index < -0.39 is 11.6 Å². The Morgan fingerprint density at radius 1 is 0.302 bits per heavy atom. The largest absolute Gasteiger partial charge is 0.497 e. The molecular formula is C96H90F2N8O10. The van der Waals surface area contributed by atoms with Gasteiger partial charge in [-0.05, 0) is 258 Å². The molecule has 0 aliphatic carbocycles. The number of nitrogen functional groups attached to an aromatic ring is 2.